The SMILES string of the molecule is COc1ccccc1CN1CCC(NC(=O)CN(C)C2=NS(=O)(=O)c3ccccc32)CC1. The molecule has 0 aromatic heterocycles. The molecular formula is C23H28N4O4S. The van der Waals surface area contributed by atoms with Gasteiger partial charge in [-0.1, -0.05) is 30.3 Å². The van der Waals surface area contributed by atoms with Crippen molar-refractivity contribution in [2.75, 3.05) is 33.8 Å². The molecule has 170 valence electrons. The molecule has 0 aliphatic carbocycles. The zero-order valence-electron chi connectivity index (χ0n) is 18.3. The molecule has 0 unspecified atom stereocenters. The number of amidine groups is 1. The van der Waals surface area contributed by atoms with Gasteiger partial charge in [-0.2, -0.15) is 8.42 Å². The number of nitrogens with one attached hydrogen (secondary N) is 1. The Morgan fingerprint density at radius 1 is 1.16 bits per heavy atom. The molecule has 0 atom stereocenters. The Balaban J connectivity index is 1.29. The number of benzene rings is 2. The molecule has 9 heteroatoms. The number of carbonyl (C=O) groups excluding carboxylic acids is 1. The Morgan fingerprint density at radius 2 is 1.84 bits per heavy atom. The summed E-state index contributed by atoms with van der Waals surface area (Å²) in [6.45, 7) is 2.64. The molecule has 0 bridgehead atoms. The molecule has 1 fully saturated rings. The quantitative estimate of drug-likeness (QED) is 0.714. The molecular weight excluding hydrogens is 428 g/mol. The first kappa shape index (κ1) is 22.3. The summed E-state index contributed by atoms with van der Waals surface area (Å²) >= 11 is 0. The van der Waals surface area contributed by atoms with E-state index < -0.39 is 10.0 Å². The van der Waals surface area contributed by atoms with E-state index in [4.69, 9.17) is 4.74 Å². The van der Waals surface area contributed by atoms with Gasteiger partial charge in [0, 0.05) is 43.9 Å². The van der Waals surface area contributed by atoms with Crippen LogP contribution in [0.3, 0.4) is 0 Å². The van der Waals surface area contributed by atoms with Gasteiger partial charge in [0.25, 0.3) is 10.0 Å². The van der Waals surface area contributed by atoms with E-state index in [9.17, 15) is 13.2 Å². The number of methoxy groups -OCH3 is 1. The van der Waals surface area contributed by atoms with Gasteiger partial charge in [-0.15, -0.1) is 4.40 Å². The van der Waals surface area contributed by atoms with E-state index in [1.54, 1.807) is 37.3 Å². The van der Waals surface area contributed by atoms with E-state index in [0.717, 1.165) is 43.8 Å². The van der Waals surface area contributed by atoms with Crippen LogP contribution in [0.25, 0.3) is 0 Å². The van der Waals surface area contributed by atoms with Crippen LogP contribution in [0.1, 0.15) is 24.0 Å². The third-order valence-electron chi connectivity index (χ3n) is 5.89. The van der Waals surface area contributed by atoms with E-state index in [1.165, 1.54) is 6.07 Å². The summed E-state index contributed by atoms with van der Waals surface area (Å²) in [6.07, 6.45) is 1.73. The van der Waals surface area contributed by atoms with Crippen molar-refractivity contribution in [3.8, 4) is 5.75 Å². The molecule has 32 heavy (non-hydrogen) atoms. The summed E-state index contributed by atoms with van der Waals surface area (Å²) in [5.41, 5.74) is 1.69. The van der Waals surface area contributed by atoms with Crippen molar-refractivity contribution < 1.29 is 17.9 Å². The van der Waals surface area contributed by atoms with Crippen molar-refractivity contribution in [2.24, 2.45) is 4.40 Å². The van der Waals surface area contributed by atoms with Crippen molar-refractivity contribution in [3.05, 3.63) is 59.7 Å². The average Bonchev–Trinajstić information content (AvgIpc) is 3.07. The Labute approximate surface area is 188 Å². The number of rotatable bonds is 6. The monoisotopic (exact) mass is 456 g/mol. The van der Waals surface area contributed by atoms with E-state index in [2.05, 4.69) is 20.7 Å². The number of piperidine rings is 1. The van der Waals surface area contributed by atoms with Crippen LogP contribution in [0.4, 0.5) is 0 Å². The lowest BCUT2D eigenvalue weighted by Gasteiger charge is -2.33. The van der Waals surface area contributed by atoms with E-state index in [1.807, 2.05) is 18.2 Å². The second-order valence-electron chi connectivity index (χ2n) is 8.17. The van der Waals surface area contributed by atoms with Crippen LogP contribution in [-0.4, -0.2) is 69.8 Å². The van der Waals surface area contributed by atoms with Crippen LogP contribution in [0.5, 0.6) is 5.75 Å². The summed E-state index contributed by atoms with van der Waals surface area (Å²) in [4.78, 5) is 16.8. The topological polar surface area (TPSA) is 91.3 Å². The Hall–Kier alpha value is -2.91. The largest absolute Gasteiger partial charge is 0.496 e. The van der Waals surface area contributed by atoms with Gasteiger partial charge in [0.05, 0.1) is 13.7 Å². The maximum Gasteiger partial charge on any atom is 0.285 e. The number of sulfonamides is 1. The number of hydrogen-bond donors (Lipinski definition) is 1. The van der Waals surface area contributed by atoms with Gasteiger partial charge in [-0.25, -0.2) is 0 Å². The second kappa shape index (κ2) is 9.30. The predicted molar refractivity (Wildman–Crippen MR) is 122 cm³/mol. The van der Waals surface area contributed by atoms with Crippen LogP contribution in [0, 0.1) is 0 Å². The van der Waals surface area contributed by atoms with Crippen molar-refractivity contribution in [3.63, 3.8) is 0 Å². The average molecular weight is 457 g/mol. The lowest BCUT2D eigenvalue weighted by molar-refractivity contribution is -0.122. The summed E-state index contributed by atoms with van der Waals surface area (Å²) in [5, 5.41) is 3.09. The van der Waals surface area contributed by atoms with Crippen LogP contribution in [-0.2, 0) is 21.4 Å². The highest BCUT2D eigenvalue weighted by atomic mass is 32.2. The summed E-state index contributed by atoms with van der Waals surface area (Å²) < 4.78 is 33.8. The fraction of sp³-hybridized carbons (Fsp3) is 0.391. The molecule has 2 aliphatic rings. The van der Waals surface area contributed by atoms with Crippen molar-refractivity contribution in [1.82, 2.24) is 15.1 Å². The van der Waals surface area contributed by atoms with Gasteiger partial charge >= 0.3 is 0 Å². The molecule has 8 nitrogen and oxygen atoms in total. The molecule has 0 saturated carbocycles. The predicted octanol–water partition coefficient (Wildman–Crippen LogP) is 1.86. The van der Waals surface area contributed by atoms with E-state index >= 15 is 0 Å². The van der Waals surface area contributed by atoms with Crippen LogP contribution < -0.4 is 10.1 Å². The summed E-state index contributed by atoms with van der Waals surface area (Å²) in [5.74, 6) is 1.06. The number of nitrogens with zero attached hydrogens (tertiary/aromatic N) is 3. The Bertz CT molecular complexity index is 1120. The van der Waals surface area contributed by atoms with Gasteiger partial charge < -0.3 is 15.0 Å². The van der Waals surface area contributed by atoms with Gasteiger partial charge in [-0.3, -0.25) is 9.69 Å². The zero-order chi connectivity index (χ0) is 22.7. The fourth-order valence-electron chi connectivity index (χ4n) is 4.24. The highest BCUT2D eigenvalue weighted by Crippen LogP contribution is 2.27. The first-order chi connectivity index (χ1) is 15.4. The molecule has 1 saturated heterocycles. The second-order valence-corrected chi connectivity index (χ2v) is 9.74. The van der Waals surface area contributed by atoms with Gasteiger partial charge in [0.15, 0.2) is 5.84 Å². The van der Waals surface area contributed by atoms with Crippen LogP contribution in [0.2, 0.25) is 0 Å². The number of ether oxygens (including phenoxy) is 1. The summed E-state index contributed by atoms with van der Waals surface area (Å²) in [6, 6.07) is 14.8. The highest BCUT2D eigenvalue weighted by Gasteiger charge is 2.31. The van der Waals surface area contributed by atoms with Crippen molar-refractivity contribution in [1.29, 1.82) is 0 Å². The normalized spacial score (nSPS) is 18.0. The molecule has 1 N–H and O–H groups in total. The minimum atomic E-state index is -3.70. The van der Waals surface area contributed by atoms with Crippen LogP contribution >= 0.6 is 0 Å². The van der Waals surface area contributed by atoms with Gasteiger partial charge in [-0.05, 0) is 31.0 Å². The lowest BCUT2D eigenvalue weighted by Crippen LogP contribution is -2.47. The molecule has 4 rings (SSSR count). The maximum atomic E-state index is 12.6. The smallest absolute Gasteiger partial charge is 0.285 e. The summed E-state index contributed by atoms with van der Waals surface area (Å²) in [7, 11) is -0.330. The third kappa shape index (κ3) is 4.78. The molecule has 0 radical (unpaired) electrons. The number of para-hydroxylation sites is 1. The first-order valence-corrected chi connectivity index (χ1v) is 12.1. The number of likely N-dealkylation sites (N-methyl/N-ethyl adjacent to an activating group) is 1. The van der Waals surface area contributed by atoms with E-state index in [0.29, 0.717) is 11.4 Å². The molecule has 2 aromatic rings. The third-order valence-corrected chi connectivity index (χ3v) is 7.22. The highest BCUT2D eigenvalue weighted by molar-refractivity contribution is 7.90. The minimum absolute atomic E-state index is 0.0458. The standard InChI is InChI=1S/C23H28N4O4S/c1-26(23-19-8-4-6-10-21(19)32(29,30)25-23)16-22(28)24-18-11-13-27(14-12-18)15-17-7-3-5-9-20(17)31-2/h3-10,18H,11-16H2,1-2H3,(H,24,28). The fourth-order valence-corrected chi connectivity index (χ4v) is 5.49. The first-order valence-electron chi connectivity index (χ1n) is 10.7. The molecule has 2 aromatic carbocycles. The number of carbonyl (C=O) groups is 1. The van der Waals surface area contributed by atoms with Crippen molar-refractivity contribution in [2.45, 2.75) is 30.3 Å². The Morgan fingerprint density at radius 3 is 2.59 bits per heavy atom. The Kier molecular flexibility index (Phi) is 6.48. The van der Waals surface area contributed by atoms with E-state index in [-0.39, 0.29) is 23.4 Å². The van der Waals surface area contributed by atoms with Crippen LogP contribution in [0.15, 0.2) is 57.8 Å². The number of fused-ring (bicyclic) bond motifs is 1. The maximum absolute atomic E-state index is 12.6. The molecule has 1 amide bonds. The minimum Gasteiger partial charge on any atom is -0.496 e. The molecule has 0 spiro atoms. The van der Waals surface area contributed by atoms with Crippen molar-refractivity contribution >= 4 is 21.8 Å². The number of amides is 1. The number of hydrogen-bond acceptors (Lipinski definition) is 6. The lowest BCUT2D eigenvalue weighted by atomic mass is 10.0. The van der Waals surface area contributed by atoms with Gasteiger partial charge in [0.1, 0.15) is 10.6 Å². The molecule has 2 heterocycles. The van der Waals surface area contributed by atoms with Gasteiger partial charge in [0.2, 0.25) is 5.91 Å². The zero-order valence-corrected chi connectivity index (χ0v) is 19.1. The molecule has 2 aliphatic heterocycles. The number of likely N-dealkylation sites (tertiary alicyclic amines) is 1.